The topological polar surface area (TPSA) is 72.9 Å². The summed E-state index contributed by atoms with van der Waals surface area (Å²) >= 11 is 0. The fraction of sp³-hybridized carbons (Fsp3) is 0.800. The summed E-state index contributed by atoms with van der Waals surface area (Å²) < 4.78 is 0. The van der Waals surface area contributed by atoms with Gasteiger partial charge in [0.15, 0.2) is 0 Å². The molecule has 2 amide bonds. The van der Waals surface area contributed by atoms with E-state index in [9.17, 15) is 9.59 Å². The van der Waals surface area contributed by atoms with Crippen molar-refractivity contribution in [2.75, 3.05) is 40.8 Å². The molecular weight excluding hydrogens is 210 g/mol. The van der Waals surface area contributed by atoms with Crippen LogP contribution in [0.5, 0.6) is 0 Å². The highest BCUT2D eigenvalue weighted by Gasteiger charge is 2.14. The van der Waals surface area contributed by atoms with Crippen LogP contribution in [0.2, 0.25) is 0 Å². The van der Waals surface area contributed by atoms with E-state index in [2.05, 4.69) is 5.32 Å². The molecule has 0 saturated carbocycles. The third-order valence-corrected chi connectivity index (χ3v) is 2.21. The van der Waals surface area contributed by atoms with Crippen LogP contribution in [0.1, 0.15) is 6.92 Å². The molecule has 0 fully saturated rings. The van der Waals surface area contributed by atoms with Crippen molar-refractivity contribution in [3.05, 3.63) is 0 Å². The minimum absolute atomic E-state index is 0.153. The Kier molecular flexibility index (Phi) is 6.48. The van der Waals surface area contributed by atoms with Crippen molar-refractivity contribution in [3.63, 3.8) is 0 Å². The molecule has 16 heavy (non-hydrogen) atoms. The quantitative estimate of drug-likeness (QED) is 0.670. The number of carbonyl (C=O) groups excluding carboxylic acids is 1. The predicted molar refractivity (Wildman–Crippen MR) is 61.4 cm³/mol. The lowest BCUT2D eigenvalue weighted by Gasteiger charge is -2.20. The molecule has 0 aromatic rings. The third-order valence-electron chi connectivity index (χ3n) is 2.21. The maximum absolute atomic E-state index is 11.5. The molecule has 0 aliphatic carbocycles. The summed E-state index contributed by atoms with van der Waals surface area (Å²) in [5.74, 6) is -1.47. The lowest BCUT2D eigenvalue weighted by Crippen LogP contribution is -2.42. The summed E-state index contributed by atoms with van der Waals surface area (Å²) in [6.07, 6.45) is 0. The highest BCUT2D eigenvalue weighted by molar-refractivity contribution is 5.75. The number of hydrogen-bond donors (Lipinski definition) is 2. The lowest BCUT2D eigenvalue weighted by atomic mass is 10.2. The van der Waals surface area contributed by atoms with Crippen LogP contribution in [-0.2, 0) is 4.79 Å². The summed E-state index contributed by atoms with van der Waals surface area (Å²) in [6, 6.07) is -0.241. The lowest BCUT2D eigenvalue weighted by molar-refractivity contribution is -0.140. The number of carboxylic acid groups (broad SMARTS) is 1. The molecule has 0 saturated heterocycles. The van der Waals surface area contributed by atoms with Crippen LogP contribution >= 0.6 is 0 Å². The average molecular weight is 231 g/mol. The standard InChI is InChI=1S/C10H21N3O3/c1-8(9(14)15)7-11-10(16)13(4)6-5-12(2)3/h8H,5-7H2,1-4H3,(H,11,16)(H,14,15). The monoisotopic (exact) mass is 231 g/mol. The fourth-order valence-electron chi connectivity index (χ4n) is 0.914. The fourth-order valence-corrected chi connectivity index (χ4v) is 0.914. The van der Waals surface area contributed by atoms with Gasteiger partial charge in [-0.15, -0.1) is 0 Å². The van der Waals surface area contributed by atoms with Gasteiger partial charge < -0.3 is 20.2 Å². The Hall–Kier alpha value is -1.30. The Morgan fingerprint density at radius 1 is 1.25 bits per heavy atom. The van der Waals surface area contributed by atoms with Crippen LogP contribution in [0.4, 0.5) is 4.79 Å². The number of nitrogens with one attached hydrogen (secondary N) is 1. The van der Waals surface area contributed by atoms with Crippen molar-refractivity contribution in [2.24, 2.45) is 5.92 Å². The van der Waals surface area contributed by atoms with E-state index in [-0.39, 0.29) is 12.6 Å². The van der Waals surface area contributed by atoms with E-state index in [0.29, 0.717) is 6.54 Å². The van der Waals surface area contributed by atoms with Gasteiger partial charge in [-0.1, -0.05) is 6.92 Å². The van der Waals surface area contributed by atoms with E-state index in [1.807, 2.05) is 19.0 Å². The second-order valence-electron chi connectivity index (χ2n) is 4.15. The maximum atomic E-state index is 11.5. The smallest absolute Gasteiger partial charge is 0.317 e. The summed E-state index contributed by atoms with van der Waals surface area (Å²) in [6.45, 7) is 3.10. The average Bonchev–Trinajstić information content (AvgIpc) is 2.21. The van der Waals surface area contributed by atoms with E-state index in [1.165, 1.54) is 4.90 Å². The van der Waals surface area contributed by atoms with Crippen molar-refractivity contribution in [2.45, 2.75) is 6.92 Å². The number of carbonyl (C=O) groups is 2. The van der Waals surface area contributed by atoms with Crippen LogP contribution in [0.15, 0.2) is 0 Å². The first-order chi connectivity index (χ1) is 7.34. The Morgan fingerprint density at radius 2 is 1.81 bits per heavy atom. The normalized spacial score (nSPS) is 12.3. The first-order valence-corrected chi connectivity index (χ1v) is 5.21. The van der Waals surface area contributed by atoms with Crippen LogP contribution in [-0.4, -0.2) is 67.7 Å². The predicted octanol–water partition coefficient (Wildman–Crippen LogP) is -0.0899. The van der Waals surface area contributed by atoms with Crippen LogP contribution < -0.4 is 5.32 Å². The van der Waals surface area contributed by atoms with Gasteiger partial charge in [-0.3, -0.25) is 4.79 Å². The third kappa shape index (κ3) is 6.23. The summed E-state index contributed by atoms with van der Waals surface area (Å²) in [7, 11) is 5.54. The molecule has 0 bridgehead atoms. The van der Waals surface area contributed by atoms with Crippen LogP contribution in [0.3, 0.4) is 0 Å². The van der Waals surface area contributed by atoms with Gasteiger partial charge in [0.1, 0.15) is 0 Å². The van der Waals surface area contributed by atoms with E-state index >= 15 is 0 Å². The molecule has 0 rings (SSSR count). The molecule has 2 N–H and O–H groups in total. The van der Waals surface area contributed by atoms with Gasteiger partial charge in [0.25, 0.3) is 0 Å². The van der Waals surface area contributed by atoms with E-state index < -0.39 is 11.9 Å². The SMILES string of the molecule is CC(CNC(=O)N(C)CCN(C)C)C(=O)O. The number of carboxylic acids is 1. The van der Waals surface area contributed by atoms with Gasteiger partial charge in [0, 0.05) is 26.7 Å². The van der Waals surface area contributed by atoms with E-state index in [0.717, 1.165) is 6.54 Å². The molecule has 0 aliphatic rings. The van der Waals surface area contributed by atoms with Gasteiger partial charge >= 0.3 is 12.0 Å². The Bertz CT molecular complexity index is 243. The number of nitrogens with zero attached hydrogens (tertiary/aromatic N) is 2. The molecule has 0 aromatic heterocycles. The van der Waals surface area contributed by atoms with Crippen LogP contribution in [0.25, 0.3) is 0 Å². The number of aliphatic carboxylic acids is 1. The summed E-state index contributed by atoms with van der Waals surface area (Å²) in [4.78, 5) is 25.5. The van der Waals surface area contributed by atoms with Gasteiger partial charge in [-0.2, -0.15) is 0 Å². The minimum Gasteiger partial charge on any atom is -0.481 e. The number of rotatable bonds is 6. The van der Waals surface area contributed by atoms with Crippen molar-refractivity contribution < 1.29 is 14.7 Å². The molecule has 0 aliphatic heterocycles. The zero-order chi connectivity index (χ0) is 12.7. The summed E-state index contributed by atoms with van der Waals surface area (Å²) in [5, 5.41) is 11.2. The highest BCUT2D eigenvalue weighted by Crippen LogP contribution is 1.93. The molecular formula is C10H21N3O3. The van der Waals surface area contributed by atoms with Crippen molar-refractivity contribution in [3.8, 4) is 0 Å². The number of urea groups is 1. The van der Waals surface area contributed by atoms with E-state index in [1.54, 1.807) is 14.0 Å². The van der Waals surface area contributed by atoms with E-state index in [4.69, 9.17) is 5.11 Å². The number of likely N-dealkylation sites (N-methyl/N-ethyl adjacent to an activating group) is 2. The Labute approximate surface area is 96.2 Å². The molecule has 0 aromatic carbocycles. The molecule has 0 heterocycles. The van der Waals surface area contributed by atoms with Gasteiger partial charge in [-0.25, -0.2) is 4.79 Å². The largest absolute Gasteiger partial charge is 0.481 e. The second kappa shape index (κ2) is 7.05. The molecule has 94 valence electrons. The maximum Gasteiger partial charge on any atom is 0.317 e. The Morgan fingerprint density at radius 3 is 2.25 bits per heavy atom. The minimum atomic E-state index is -0.906. The zero-order valence-corrected chi connectivity index (χ0v) is 10.4. The van der Waals surface area contributed by atoms with Crippen molar-refractivity contribution in [1.29, 1.82) is 0 Å². The van der Waals surface area contributed by atoms with Gasteiger partial charge in [0.05, 0.1) is 5.92 Å². The molecule has 0 spiro atoms. The number of hydrogen-bond acceptors (Lipinski definition) is 3. The summed E-state index contributed by atoms with van der Waals surface area (Å²) in [5.41, 5.74) is 0. The molecule has 0 radical (unpaired) electrons. The molecule has 1 atom stereocenters. The van der Waals surface area contributed by atoms with Gasteiger partial charge in [-0.05, 0) is 14.1 Å². The molecule has 6 heteroatoms. The first-order valence-electron chi connectivity index (χ1n) is 5.21. The number of amides is 2. The van der Waals surface area contributed by atoms with Crippen molar-refractivity contribution in [1.82, 2.24) is 15.1 Å². The first kappa shape index (κ1) is 14.7. The van der Waals surface area contributed by atoms with Gasteiger partial charge in [0.2, 0.25) is 0 Å². The zero-order valence-electron chi connectivity index (χ0n) is 10.4. The Balaban J connectivity index is 3.83. The molecule has 1 unspecified atom stereocenters. The second-order valence-corrected chi connectivity index (χ2v) is 4.15. The molecule has 6 nitrogen and oxygen atoms in total. The van der Waals surface area contributed by atoms with Crippen molar-refractivity contribution >= 4 is 12.0 Å². The van der Waals surface area contributed by atoms with Crippen LogP contribution in [0, 0.1) is 5.92 Å². The highest BCUT2D eigenvalue weighted by atomic mass is 16.4.